The van der Waals surface area contributed by atoms with E-state index in [0.717, 1.165) is 5.56 Å². The second-order valence-electron chi connectivity index (χ2n) is 5.86. The highest BCUT2D eigenvalue weighted by molar-refractivity contribution is 5.77. The van der Waals surface area contributed by atoms with E-state index in [-0.39, 0.29) is 36.8 Å². The van der Waals surface area contributed by atoms with Gasteiger partial charge in [0.25, 0.3) is 5.56 Å². The van der Waals surface area contributed by atoms with E-state index in [1.165, 1.54) is 23.0 Å². The van der Waals surface area contributed by atoms with Crippen molar-refractivity contribution in [1.82, 2.24) is 14.9 Å². The molecule has 0 radical (unpaired) electrons. The predicted molar refractivity (Wildman–Crippen MR) is 90.6 cm³/mol. The molecule has 25 heavy (non-hydrogen) atoms. The Morgan fingerprint density at radius 3 is 2.92 bits per heavy atom. The van der Waals surface area contributed by atoms with Crippen LogP contribution in [0.2, 0.25) is 0 Å². The van der Waals surface area contributed by atoms with E-state index in [1.807, 2.05) is 0 Å². The van der Waals surface area contributed by atoms with Gasteiger partial charge in [-0.2, -0.15) is 0 Å². The second-order valence-corrected chi connectivity index (χ2v) is 5.86. The minimum Gasteiger partial charge on any atom is -0.443 e. The van der Waals surface area contributed by atoms with E-state index in [0.29, 0.717) is 22.4 Å². The summed E-state index contributed by atoms with van der Waals surface area (Å²) in [5.74, 6) is 0.0880. The molecule has 1 amide bonds. The molecule has 0 aliphatic rings. The maximum atomic E-state index is 13.1. The minimum atomic E-state index is -0.344. The van der Waals surface area contributed by atoms with Gasteiger partial charge in [-0.15, -0.1) is 0 Å². The normalized spacial score (nSPS) is 11.0. The topological polar surface area (TPSA) is 77.1 Å². The molecular weight excluding hydrogens is 325 g/mol. The van der Waals surface area contributed by atoms with Gasteiger partial charge >= 0.3 is 0 Å². The third-order valence-electron chi connectivity index (χ3n) is 4.11. The molecule has 2 heterocycles. The van der Waals surface area contributed by atoms with Crippen LogP contribution in [0.15, 0.2) is 39.8 Å². The van der Waals surface area contributed by atoms with Gasteiger partial charge in [-0.25, -0.2) is 9.37 Å². The first-order chi connectivity index (χ1) is 12.0. The standard InChI is InChI=1S/C18H18FN3O3/c1-11-12(2)25-17-16(11)18(24)22(10-21-17)7-6-15(23)20-9-13-4-3-5-14(19)8-13/h3-5,8,10H,6-7,9H2,1-2H3,(H,20,23). The van der Waals surface area contributed by atoms with Crippen molar-refractivity contribution in [1.29, 1.82) is 0 Å². The maximum absolute atomic E-state index is 13.1. The monoisotopic (exact) mass is 343 g/mol. The van der Waals surface area contributed by atoms with Gasteiger partial charge < -0.3 is 9.73 Å². The Bertz CT molecular complexity index is 991. The Balaban J connectivity index is 1.64. The summed E-state index contributed by atoms with van der Waals surface area (Å²) in [6.07, 6.45) is 1.51. The van der Waals surface area contributed by atoms with Gasteiger partial charge in [-0.3, -0.25) is 14.2 Å². The van der Waals surface area contributed by atoms with Gasteiger partial charge in [0.15, 0.2) is 0 Å². The van der Waals surface area contributed by atoms with Crippen molar-refractivity contribution in [2.75, 3.05) is 0 Å². The van der Waals surface area contributed by atoms with Crippen molar-refractivity contribution in [2.24, 2.45) is 0 Å². The number of carbonyl (C=O) groups is 1. The van der Waals surface area contributed by atoms with Crippen LogP contribution in [0.3, 0.4) is 0 Å². The average molecular weight is 343 g/mol. The Morgan fingerprint density at radius 2 is 2.16 bits per heavy atom. The van der Waals surface area contributed by atoms with E-state index in [4.69, 9.17) is 4.42 Å². The van der Waals surface area contributed by atoms with Crippen molar-refractivity contribution in [3.63, 3.8) is 0 Å². The van der Waals surface area contributed by atoms with Crippen molar-refractivity contribution >= 4 is 17.0 Å². The van der Waals surface area contributed by atoms with Crippen molar-refractivity contribution in [3.05, 3.63) is 63.7 Å². The Morgan fingerprint density at radius 1 is 1.36 bits per heavy atom. The lowest BCUT2D eigenvalue weighted by molar-refractivity contribution is -0.121. The number of hydrogen-bond donors (Lipinski definition) is 1. The van der Waals surface area contributed by atoms with E-state index in [2.05, 4.69) is 10.3 Å². The molecule has 0 spiro atoms. The van der Waals surface area contributed by atoms with Crippen molar-refractivity contribution in [3.8, 4) is 0 Å². The van der Waals surface area contributed by atoms with E-state index < -0.39 is 0 Å². The highest BCUT2D eigenvalue weighted by atomic mass is 19.1. The van der Waals surface area contributed by atoms with Gasteiger partial charge in [0.1, 0.15) is 23.3 Å². The molecule has 0 saturated heterocycles. The van der Waals surface area contributed by atoms with Gasteiger partial charge in [0, 0.05) is 25.1 Å². The fourth-order valence-electron chi connectivity index (χ4n) is 2.59. The molecule has 0 aliphatic carbocycles. The smallest absolute Gasteiger partial charge is 0.264 e. The minimum absolute atomic E-state index is 0.123. The summed E-state index contributed by atoms with van der Waals surface area (Å²) < 4.78 is 19.9. The quantitative estimate of drug-likeness (QED) is 0.772. The number of halogens is 1. The van der Waals surface area contributed by atoms with Crippen LogP contribution in [-0.2, 0) is 17.9 Å². The predicted octanol–water partition coefficient (Wildman–Crippen LogP) is 2.45. The van der Waals surface area contributed by atoms with E-state index in [9.17, 15) is 14.0 Å². The highest BCUT2D eigenvalue weighted by Gasteiger charge is 2.14. The largest absolute Gasteiger partial charge is 0.443 e. The summed E-state index contributed by atoms with van der Waals surface area (Å²) in [6.45, 7) is 4.03. The molecule has 1 aromatic carbocycles. The van der Waals surface area contributed by atoms with Gasteiger partial charge in [0.05, 0.1) is 0 Å². The number of rotatable bonds is 5. The molecule has 3 aromatic rings. The van der Waals surface area contributed by atoms with Crippen LogP contribution >= 0.6 is 0 Å². The fourth-order valence-corrected chi connectivity index (χ4v) is 2.59. The zero-order valence-electron chi connectivity index (χ0n) is 14.0. The molecule has 0 saturated carbocycles. The summed E-state index contributed by atoms with van der Waals surface area (Å²) in [4.78, 5) is 28.6. The molecule has 0 atom stereocenters. The van der Waals surface area contributed by atoms with Crippen LogP contribution in [0.4, 0.5) is 4.39 Å². The number of furan rings is 1. The van der Waals surface area contributed by atoms with Crippen molar-refractivity contribution < 1.29 is 13.6 Å². The lowest BCUT2D eigenvalue weighted by Gasteiger charge is -2.07. The Hall–Kier alpha value is -2.96. The number of fused-ring (bicyclic) bond motifs is 1. The van der Waals surface area contributed by atoms with Crippen molar-refractivity contribution in [2.45, 2.75) is 33.4 Å². The van der Waals surface area contributed by atoms with E-state index in [1.54, 1.807) is 26.0 Å². The first-order valence-corrected chi connectivity index (χ1v) is 7.92. The summed E-state index contributed by atoms with van der Waals surface area (Å²) in [5.41, 5.74) is 1.53. The lowest BCUT2D eigenvalue weighted by Crippen LogP contribution is -2.27. The maximum Gasteiger partial charge on any atom is 0.264 e. The Kier molecular flexibility index (Phi) is 4.65. The molecule has 3 rings (SSSR count). The summed E-state index contributed by atoms with van der Waals surface area (Å²) in [5, 5.41) is 3.15. The van der Waals surface area contributed by atoms with Gasteiger partial charge in [0.2, 0.25) is 11.6 Å². The molecule has 130 valence electrons. The molecule has 7 heteroatoms. The second kappa shape index (κ2) is 6.88. The zero-order valence-corrected chi connectivity index (χ0v) is 14.0. The molecular formula is C18H18FN3O3. The molecule has 0 bridgehead atoms. The van der Waals surface area contributed by atoms with E-state index >= 15 is 0 Å². The first-order valence-electron chi connectivity index (χ1n) is 7.92. The number of carbonyl (C=O) groups excluding carboxylic acids is 1. The lowest BCUT2D eigenvalue weighted by atomic mass is 10.2. The molecule has 1 N–H and O–H groups in total. The van der Waals surface area contributed by atoms with Gasteiger partial charge in [-0.05, 0) is 31.5 Å². The van der Waals surface area contributed by atoms with Crippen LogP contribution in [0.25, 0.3) is 11.1 Å². The molecule has 0 fully saturated rings. The summed E-state index contributed by atoms with van der Waals surface area (Å²) in [7, 11) is 0. The number of hydrogen-bond acceptors (Lipinski definition) is 4. The molecule has 6 nitrogen and oxygen atoms in total. The van der Waals surface area contributed by atoms with Crippen LogP contribution in [0.1, 0.15) is 23.3 Å². The van der Waals surface area contributed by atoms with Crippen LogP contribution in [0.5, 0.6) is 0 Å². The third kappa shape index (κ3) is 3.60. The zero-order chi connectivity index (χ0) is 18.0. The highest BCUT2D eigenvalue weighted by Crippen LogP contribution is 2.19. The molecule has 0 aliphatic heterocycles. The Labute approximate surface area is 143 Å². The number of aromatic nitrogens is 2. The number of benzene rings is 1. The third-order valence-corrected chi connectivity index (χ3v) is 4.11. The number of nitrogens with one attached hydrogen (secondary N) is 1. The van der Waals surface area contributed by atoms with Crippen LogP contribution in [0, 0.1) is 19.7 Å². The van der Waals surface area contributed by atoms with Crippen LogP contribution < -0.4 is 10.9 Å². The molecule has 2 aromatic heterocycles. The van der Waals surface area contributed by atoms with Gasteiger partial charge in [-0.1, -0.05) is 12.1 Å². The number of amides is 1. The SMILES string of the molecule is Cc1oc2ncn(CCC(=O)NCc3cccc(F)c3)c(=O)c2c1C. The molecule has 0 unspecified atom stereocenters. The first kappa shape index (κ1) is 16.9. The van der Waals surface area contributed by atoms with Crippen LogP contribution in [-0.4, -0.2) is 15.5 Å². The average Bonchev–Trinajstić information content (AvgIpc) is 2.87. The number of nitrogens with zero attached hydrogens (tertiary/aromatic N) is 2. The number of aryl methyl sites for hydroxylation is 3. The summed E-state index contributed by atoms with van der Waals surface area (Å²) in [6, 6.07) is 6.04. The summed E-state index contributed by atoms with van der Waals surface area (Å²) >= 11 is 0. The fraction of sp³-hybridized carbons (Fsp3) is 0.278.